The fraction of sp³-hybridized carbons (Fsp3) is 0.667. The molecule has 1 fully saturated rings. The van der Waals surface area contributed by atoms with Gasteiger partial charge in [-0.3, -0.25) is 0 Å². The highest BCUT2D eigenvalue weighted by Crippen LogP contribution is 2.33. The summed E-state index contributed by atoms with van der Waals surface area (Å²) in [6, 6.07) is 1.46. The predicted molar refractivity (Wildman–Crippen MR) is 74.2 cm³/mol. The summed E-state index contributed by atoms with van der Waals surface area (Å²) in [4.78, 5) is 0.102. The Bertz CT molecular complexity index is 534. The van der Waals surface area contributed by atoms with Crippen LogP contribution in [0.4, 0.5) is 0 Å². The molecular formula is C12H18BrNO4S. The van der Waals surface area contributed by atoms with Gasteiger partial charge in [0.25, 0.3) is 0 Å². The molecule has 0 spiro atoms. The molecule has 5 nitrogen and oxygen atoms in total. The summed E-state index contributed by atoms with van der Waals surface area (Å²) < 4.78 is 32.2. The highest BCUT2D eigenvalue weighted by atomic mass is 79.9. The lowest BCUT2D eigenvalue weighted by atomic mass is 10.2. The van der Waals surface area contributed by atoms with Gasteiger partial charge in [-0.2, -0.15) is 4.31 Å². The quantitative estimate of drug-likeness (QED) is 0.884. The molecule has 0 aromatic carbocycles. The van der Waals surface area contributed by atoms with Crippen LogP contribution in [0.2, 0.25) is 0 Å². The molecule has 0 saturated heterocycles. The van der Waals surface area contributed by atoms with Crippen LogP contribution < -0.4 is 0 Å². The third kappa shape index (κ3) is 2.89. The van der Waals surface area contributed by atoms with Crippen LogP contribution in [0.3, 0.4) is 0 Å². The Morgan fingerprint density at radius 2 is 2.11 bits per heavy atom. The van der Waals surface area contributed by atoms with Crippen molar-refractivity contribution in [1.29, 1.82) is 0 Å². The van der Waals surface area contributed by atoms with Crippen molar-refractivity contribution in [3.63, 3.8) is 0 Å². The number of furan rings is 1. The molecule has 0 aliphatic heterocycles. The highest BCUT2D eigenvalue weighted by molar-refractivity contribution is 9.10. The first-order chi connectivity index (χ1) is 9.00. The summed E-state index contributed by atoms with van der Waals surface area (Å²) in [6.07, 6.45) is 3.97. The maximum Gasteiger partial charge on any atom is 0.247 e. The lowest BCUT2D eigenvalue weighted by Crippen LogP contribution is -2.38. The molecule has 1 saturated carbocycles. The van der Waals surface area contributed by atoms with E-state index in [2.05, 4.69) is 15.9 Å². The molecule has 108 valence electrons. The van der Waals surface area contributed by atoms with E-state index in [0.717, 1.165) is 25.7 Å². The first-order valence-electron chi connectivity index (χ1n) is 6.41. The lowest BCUT2D eigenvalue weighted by molar-refractivity contribution is 0.245. The standard InChI is InChI=1S/C12H18BrNO4S/c1-2-14(9-5-3-4-6-9)19(16,17)11-7-10(8-15)18-12(11)13/h7,9,15H,2-6,8H2,1H3. The van der Waals surface area contributed by atoms with E-state index in [1.807, 2.05) is 6.92 Å². The SMILES string of the molecule is CCN(C1CCCC1)S(=O)(=O)c1cc(CO)oc1Br. The number of rotatable bonds is 5. The maximum atomic E-state index is 12.7. The Balaban J connectivity index is 2.36. The molecule has 0 unspecified atom stereocenters. The summed E-state index contributed by atoms with van der Waals surface area (Å²) in [6.45, 7) is 1.97. The van der Waals surface area contributed by atoms with E-state index in [1.54, 1.807) is 0 Å². The van der Waals surface area contributed by atoms with Gasteiger partial charge in [-0.05, 0) is 28.8 Å². The highest BCUT2D eigenvalue weighted by Gasteiger charge is 2.34. The molecule has 0 atom stereocenters. The molecular weight excluding hydrogens is 334 g/mol. The summed E-state index contributed by atoms with van der Waals surface area (Å²) >= 11 is 3.12. The number of hydrogen-bond acceptors (Lipinski definition) is 4. The zero-order valence-corrected chi connectivity index (χ0v) is 13.2. The van der Waals surface area contributed by atoms with Crippen LogP contribution in [0.15, 0.2) is 20.0 Å². The van der Waals surface area contributed by atoms with Gasteiger partial charge >= 0.3 is 0 Å². The van der Waals surface area contributed by atoms with E-state index in [0.29, 0.717) is 6.54 Å². The van der Waals surface area contributed by atoms with Crippen molar-refractivity contribution in [2.24, 2.45) is 0 Å². The zero-order valence-electron chi connectivity index (χ0n) is 10.8. The first kappa shape index (κ1) is 15.0. The van der Waals surface area contributed by atoms with Gasteiger partial charge in [0, 0.05) is 18.7 Å². The molecule has 1 aromatic heterocycles. The Hall–Kier alpha value is -0.370. The predicted octanol–water partition coefficient (Wildman–Crippen LogP) is 2.49. The first-order valence-corrected chi connectivity index (χ1v) is 8.65. The lowest BCUT2D eigenvalue weighted by Gasteiger charge is -2.26. The normalized spacial score (nSPS) is 17.5. The smallest absolute Gasteiger partial charge is 0.247 e. The zero-order chi connectivity index (χ0) is 14.0. The van der Waals surface area contributed by atoms with Gasteiger partial charge in [-0.15, -0.1) is 0 Å². The van der Waals surface area contributed by atoms with Crippen LogP contribution in [0, 0.1) is 0 Å². The largest absolute Gasteiger partial charge is 0.450 e. The Morgan fingerprint density at radius 1 is 1.47 bits per heavy atom. The van der Waals surface area contributed by atoms with Gasteiger partial charge in [0.1, 0.15) is 17.3 Å². The second kappa shape index (κ2) is 5.95. The van der Waals surface area contributed by atoms with Gasteiger partial charge in [-0.1, -0.05) is 19.8 Å². The van der Waals surface area contributed by atoms with Crippen LogP contribution in [0.5, 0.6) is 0 Å². The molecule has 0 radical (unpaired) electrons. The van der Waals surface area contributed by atoms with Gasteiger partial charge in [0.05, 0.1) is 0 Å². The van der Waals surface area contributed by atoms with Crippen LogP contribution in [-0.2, 0) is 16.6 Å². The number of hydrogen-bond donors (Lipinski definition) is 1. The maximum absolute atomic E-state index is 12.7. The number of nitrogens with zero attached hydrogens (tertiary/aromatic N) is 1. The van der Waals surface area contributed by atoms with E-state index >= 15 is 0 Å². The summed E-state index contributed by atoms with van der Waals surface area (Å²) in [5.41, 5.74) is 0. The summed E-state index contributed by atoms with van der Waals surface area (Å²) in [5.74, 6) is 0.243. The van der Waals surface area contributed by atoms with E-state index in [9.17, 15) is 8.42 Å². The summed E-state index contributed by atoms with van der Waals surface area (Å²) in [7, 11) is -3.57. The average molecular weight is 352 g/mol. The fourth-order valence-electron chi connectivity index (χ4n) is 2.59. The molecule has 1 aliphatic carbocycles. The molecule has 1 aliphatic rings. The molecule has 2 rings (SSSR count). The number of halogens is 1. The minimum absolute atomic E-state index is 0.0781. The van der Waals surface area contributed by atoms with Crippen LogP contribution in [-0.4, -0.2) is 30.4 Å². The van der Waals surface area contributed by atoms with Gasteiger partial charge < -0.3 is 9.52 Å². The molecule has 1 heterocycles. The van der Waals surface area contributed by atoms with Crippen molar-refractivity contribution in [2.75, 3.05) is 6.54 Å². The van der Waals surface area contributed by atoms with Crippen LogP contribution in [0.25, 0.3) is 0 Å². The molecule has 1 N–H and O–H groups in total. The van der Waals surface area contributed by atoms with E-state index < -0.39 is 10.0 Å². The van der Waals surface area contributed by atoms with Crippen molar-refractivity contribution in [3.05, 3.63) is 16.5 Å². The second-order valence-electron chi connectivity index (χ2n) is 4.66. The summed E-state index contributed by atoms with van der Waals surface area (Å²) in [5, 5.41) is 9.03. The van der Waals surface area contributed by atoms with E-state index in [1.165, 1.54) is 10.4 Å². The molecule has 7 heteroatoms. The second-order valence-corrected chi connectivity index (χ2v) is 7.23. The van der Waals surface area contributed by atoms with E-state index in [-0.39, 0.29) is 28.0 Å². The Morgan fingerprint density at radius 3 is 2.58 bits per heavy atom. The Labute approximate surface area is 121 Å². The van der Waals surface area contributed by atoms with Crippen molar-refractivity contribution in [2.45, 2.75) is 50.2 Å². The van der Waals surface area contributed by atoms with Gasteiger partial charge in [-0.25, -0.2) is 8.42 Å². The van der Waals surface area contributed by atoms with Crippen LogP contribution >= 0.6 is 15.9 Å². The molecule has 0 amide bonds. The Kier molecular flexibility index (Phi) is 4.70. The number of aliphatic hydroxyl groups excluding tert-OH is 1. The average Bonchev–Trinajstić information content (AvgIpc) is 2.99. The van der Waals surface area contributed by atoms with Crippen molar-refractivity contribution in [1.82, 2.24) is 4.31 Å². The monoisotopic (exact) mass is 351 g/mol. The number of sulfonamides is 1. The van der Waals surface area contributed by atoms with Gasteiger partial charge in [0.15, 0.2) is 4.67 Å². The van der Waals surface area contributed by atoms with E-state index in [4.69, 9.17) is 9.52 Å². The fourth-order valence-corrected chi connectivity index (χ4v) is 5.25. The minimum Gasteiger partial charge on any atom is -0.450 e. The molecule has 0 bridgehead atoms. The minimum atomic E-state index is -3.57. The molecule has 1 aromatic rings. The third-order valence-electron chi connectivity index (χ3n) is 3.49. The van der Waals surface area contributed by atoms with Crippen LogP contribution in [0.1, 0.15) is 38.4 Å². The van der Waals surface area contributed by atoms with Gasteiger partial charge in [0.2, 0.25) is 10.0 Å². The topological polar surface area (TPSA) is 70.8 Å². The third-order valence-corrected chi connectivity index (χ3v) is 6.38. The van der Waals surface area contributed by atoms with Crippen molar-refractivity contribution in [3.8, 4) is 0 Å². The number of aliphatic hydroxyl groups is 1. The molecule has 19 heavy (non-hydrogen) atoms. The van der Waals surface area contributed by atoms with Crippen molar-refractivity contribution >= 4 is 26.0 Å². The van der Waals surface area contributed by atoms with Crippen molar-refractivity contribution < 1.29 is 17.9 Å².